The molecule has 0 aliphatic heterocycles. The van der Waals surface area contributed by atoms with Crippen LogP contribution in [0.15, 0.2) is 97.1 Å². The summed E-state index contributed by atoms with van der Waals surface area (Å²) in [6.45, 7) is 2.77. The standard InChI is InChI=1S/C36H34FNO3/c1-24-11-13-27(14-12-24)35-33(26-15-17-28(18-16-26)36(39)40-2)34-31(38(35)30-21-19-29(37)20-22-30)9-6-10-32(34)41-23-25-7-4-3-5-8-25/h3-10,15-22,24,27H,11-14,23H2,1-2H3. The topological polar surface area (TPSA) is 40.5 Å². The minimum absolute atomic E-state index is 0.260. The first-order chi connectivity index (χ1) is 20.0. The van der Waals surface area contributed by atoms with Crippen LogP contribution in [-0.4, -0.2) is 17.6 Å². The zero-order valence-electron chi connectivity index (χ0n) is 23.5. The summed E-state index contributed by atoms with van der Waals surface area (Å²) >= 11 is 0. The lowest BCUT2D eigenvalue weighted by atomic mass is 9.79. The molecule has 5 aromatic rings. The largest absolute Gasteiger partial charge is 0.488 e. The van der Waals surface area contributed by atoms with E-state index >= 15 is 0 Å². The van der Waals surface area contributed by atoms with Gasteiger partial charge in [0.05, 0.1) is 23.6 Å². The van der Waals surface area contributed by atoms with Crippen LogP contribution >= 0.6 is 0 Å². The Hall–Kier alpha value is -4.38. The molecule has 1 saturated carbocycles. The van der Waals surface area contributed by atoms with Crippen molar-refractivity contribution in [2.24, 2.45) is 5.92 Å². The molecule has 1 heterocycles. The summed E-state index contributed by atoms with van der Waals surface area (Å²) in [5.74, 6) is 1.19. The molecule has 4 aromatic carbocycles. The highest BCUT2D eigenvalue weighted by Gasteiger charge is 2.30. The minimum atomic E-state index is -0.362. The summed E-state index contributed by atoms with van der Waals surface area (Å²) < 4.78 is 27.9. The van der Waals surface area contributed by atoms with Gasteiger partial charge < -0.3 is 14.0 Å². The molecule has 0 amide bonds. The number of esters is 1. The first kappa shape index (κ1) is 26.8. The van der Waals surface area contributed by atoms with Gasteiger partial charge in [-0.05, 0) is 78.4 Å². The molecule has 6 rings (SSSR count). The Bertz CT molecular complexity index is 1650. The smallest absolute Gasteiger partial charge is 0.337 e. The predicted molar refractivity (Wildman–Crippen MR) is 161 cm³/mol. The number of benzene rings is 4. The SMILES string of the molecule is COC(=O)c1ccc(-c2c(C3CCC(C)CC3)n(-c3ccc(F)cc3)c3cccc(OCc4ccccc4)c23)cc1. The summed E-state index contributed by atoms with van der Waals surface area (Å²) in [5, 5.41) is 1.02. The number of carbonyl (C=O) groups is 1. The van der Waals surface area contributed by atoms with Crippen molar-refractivity contribution < 1.29 is 18.7 Å². The van der Waals surface area contributed by atoms with Crippen LogP contribution in [0.2, 0.25) is 0 Å². The van der Waals surface area contributed by atoms with Crippen molar-refractivity contribution >= 4 is 16.9 Å². The molecule has 0 spiro atoms. The predicted octanol–water partition coefficient (Wildman–Crippen LogP) is 9.10. The van der Waals surface area contributed by atoms with E-state index in [0.29, 0.717) is 24.0 Å². The molecule has 0 saturated heterocycles. The Labute approximate surface area is 240 Å². The lowest BCUT2D eigenvalue weighted by Gasteiger charge is -2.29. The van der Waals surface area contributed by atoms with E-state index in [1.165, 1.54) is 24.9 Å². The van der Waals surface area contributed by atoms with E-state index in [4.69, 9.17) is 9.47 Å². The fourth-order valence-corrected chi connectivity index (χ4v) is 6.15. The highest BCUT2D eigenvalue weighted by Crippen LogP contribution is 2.48. The molecule has 208 valence electrons. The van der Waals surface area contributed by atoms with Crippen molar-refractivity contribution in [1.82, 2.24) is 4.57 Å². The van der Waals surface area contributed by atoms with Gasteiger partial charge in [-0.3, -0.25) is 0 Å². The van der Waals surface area contributed by atoms with Crippen molar-refractivity contribution in [3.8, 4) is 22.6 Å². The van der Waals surface area contributed by atoms with Gasteiger partial charge in [-0.1, -0.05) is 68.3 Å². The molecule has 1 fully saturated rings. The number of halogens is 1. The quantitative estimate of drug-likeness (QED) is 0.191. The average Bonchev–Trinajstić information content (AvgIpc) is 3.37. The monoisotopic (exact) mass is 547 g/mol. The van der Waals surface area contributed by atoms with Gasteiger partial charge >= 0.3 is 5.97 Å². The van der Waals surface area contributed by atoms with Crippen LogP contribution in [0.5, 0.6) is 5.75 Å². The number of hydrogen-bond acceptors (Lipinski definition) is 3. The van der Waals surface area contributed by atoms with Crippen LogP contribution in [-0.2, 0) is 11.3 Å². The molecule has 0 atom stereocenters. The summed E-state index contributed by atoms with van der Waals surface area (Å²) in [5.41, 5.74) is 6.85. The molecular formula is C36H34FNO3. The van der Waals surface area contributed by atoms with Gasteiger partial charge in [0.1, 0.15) is 18.2 Å². The molecule has 0 N–H and O–H groups in total. The number of nitrogens with zero attached hydrogens (tertiary/aromatic N) is 1. The van der Waals surface area contributed by atoms with Crippen molar-refractivity contribution in [3.63, 3.8) is 0 Å². The van der Waals surface area contributed by atoms with Crippen LogP contribution in [0.3, 0.4) is 0 Å². The zero-order valence-corrected chi connectivity index (χ0v) is 23.5. The van der Waals surface area contributed by atoms with Crippen LogP contribution in [0.1, 0.15) is 60.1 Å². The van der Waals surface area contributed by atoms with Crippen LogP contribution in [0.4, 0.5) is 4.39 Å². The molecular weight excluding hydrogens is 513 g/mol. The van der Waals surface area contributed by atoms with Crippen LogP contribution < -0.4 is 4.74 Å². The molecule has 0 unspecified atom stereocenters. The maximum Gasteiger partial charge on any atom is 0.337 e. The third-order valence-electron chi connectivity index (χ3n) is 8.31. The highest BCUT2D eigenvalue weighted by molar-refractivity contribution is 6.04. The molecule has 5 heteroatoms. The van der Waals surface area contributed by atoms with Gasteiger partial charge in [0, 0.05) is 22.9 Å². The normalized spacial score (nSPS) is 17.0. The molecule has 1 aliphatic carbocycles. The number of rotatable bonds is 7. The number of methoxy groups -OCH3 is 1. The lowest BCUT2D eigenvalue weighted by Crippen LogP contribution is -2.15. The fraction of sp³-hybridized carbons (Fsp3) is 0.250. The molecule has 4 nitrogen and oxygen atoms in total. The average molecular weight is 548 g/mol. The van der Waals surface area contributed by atoms with E-state index in [2.05, 4.69) is 29.7 Å². The summed E-state index contributed by atoms with van der Waals surface area (Å²) in [7, 11) is 1.39. The van der Waals surface area contributed by atoms with E-state index in [-0.39, 0.29) is 11.8 Å². The summed E-state index contributed by atoms with van der Waals surface area (Å²) in [4.78, 5) is 12.2. The second-order valence-corrected chi connectivity index (χ2v) is 11.0. The second-order valence-electron chi connectivity index (χ2n) is 11.0. The first-order valence-corrected chi connectivity index (χ1v) is 14.3. The van der Waals surface area contributed by atoms with E-state index in [0.717, 1.165) is 64.7 Å². The van der Waals surface area contributed by atoms with Crippen LogP contribution in [0.25, 0.3) is 27.7 Å². The van der Waals surface area contributed by atoms with E-state index in [1.54, 1.807) is 0 Å². The molecule has 41 heavy (non-hydrogen) atoms. The first-order valence-electron chi connectivity index (χ1n) is 14.3. The number of hydrogen-bond donors (Lipinski definition) is 0. The molecule has 1 aliphatic rings. The Balaban J connectivity index is 1.60. The Morgan fingerprint density at radius 1 is 0.854 bits per heavy atom. The Morgan fingerprint density at radius 2 is 1.56 bits per heavy atom. The molecule has 1 aromatic heterocycles. The number of carbonyl (C=O) groups excluding carboxylic acids is 1. The third kappa shape index (κ3) is 5.37. The lowest BCUT2D eigenvalue weighted by molar-refractivity contribution is 0.0600. The maximum absolute atomic E-state index is 14.1. The Morgan fingerprint density at radius 3 is 2.24 bits per heavy atom. The van der Waals surface area contributed by atoms with Crippen LogP contribution in [0, 0.1) is 11.7 Å². The van der Waals surface area contributed by atoms with Gasteiger partial charge in [-0.25, -0.2) is 9.18 Å². The van der Waals surface area contributed by atoms with Crippen molar-refractivity contribution in [2.75, 3.05) is 7.11 Å². The van der Waals surface area contributed by atoms with Crippen molar-refractivity contribution in [1.29, 1.82) is 0 Å². The fourth-order valence-electron chi connectivity index (χ4n) is 6.15. The molecule has 0 bridgehead atoms. The third-order valence-corrected chi connectivity index (χ3v) is 8.31. The van der Waals surface area contributed by atoms with Gasteiger partial charge in [-0.15, -0.1) is 0 Å². The number of fused-ring (bicyclic) bond motifs is 1. The van der Waals surface area contributed by atoms with E-state index in [1.807, 2.05) is 66.7 Å². The van der Waals surface area contributed by atoms with Gasteiger partial charge in [0.25, 0.3) is 0 Å². The highest BCUT2D eigenvalue weighted by atomic mass is 19.1. The zero-order chi connectivity index (χ0) is 28.3. The molecule has 0 radical (unpaired) electrons. The number of ether oxygens (including phenoxy) is 2. The summed E-state index contributed by atoms with van der Waals surface area (Å²) in [6, 6.07) is 30.7. The van der Waals surface area contributed by atoms with Gasteiger partial charge in [0.15, 0.2) is 0 Å². The van der Waals surface area contributed by atoms with E-state index < -0.39 is 0 Å². The minimum Gasteiger partial charge on any atom is -0.488 e. The van der Waals surface area contributed by atoms with Crippen molar-refractivity contribution in [3.05, 3.63) is 120 Å². The summed E-state index contributed by atoms with van der Waals surface area (Å²) in [6.07, 6.45) is 4.47. The Kier molecular flexibility index (Phi) is 7.60. The van der Waals surface area contributed by atoms with Gasteiger partial charge in [-0.2, -0.15) is 0 Å². The maximum atomic E-state index is 14.1. The number of aromatic nitrogens is 1. The second kappa shape index (κ2) is 11.6. The van der Waals surface area contributed by atoms with Crippen molar-refractivity contribution in [2.45, 2.75) is 45.1 Å². The van der Waals surface area contributed by atoms with E-state index in [9.17, 15) is 9.18 Å². The van der Waals surface area contributed by atoms with Gasteiger partial charge in [0.2, 0.25) is 0 Å².